The standard InChI is InChI=1S/C18H18ClNO3/c1-22-14-8-9-16(19)15(11-14)12-4-6-13(7-5-12)20-18(21)17-3-2-10-23-17/h4-9,11,17H,2-3,10H2,1H3,(H,20,21). The van der Waals surface area contributed by atoms with Gasteiger partial charge in [0.25, 0.3) is 5.91 Å². The zero-order valence-corrected chi connectivity index (χ0v) is 13.6. The zero-order valence-electron chi connectivity index (χ0n) is 12.8. The quantitative estimate of drug-likeness (QED) is 0.916. The summed E-state index contributed by atoms with van der Waals surface area (Å²) in [6.45, 7) is 0.658. The van der Waals surface area contributed by atoms with Gasteiger partial charge >= 0.3 is 0 Å². The van der Waals surface area contributed by atoms with Crippen LogP contribution < -0.4 is 10.1 Å². The molecule has 0 radical (unpaired) electrons. The highest BCUT2D eigenvalue weighted by atomic mass is 35.5. The van der Waals surface area contributed by atoms with Gasteiger partial charge in [0.2, 0.25) is 0 Å². The van der Waals surface area contributed by atoms with Gasteiger partial charge in [0.15, 0.2) is 0 Å². The van der Waals surface area contributed by atoms with Crippen molar-refractivity contribution in [3.63, 3.8) is 0 Å². The summed E-state index contributed by atoms with van der Waals surface area (Å²) in [6.07, 6.45) is 1.39. The number of carbonyl (C=O) groups excluding carboxylic acids is 1. The van der Waals surface area contributed by atoms with Crippen LogP contribution in [0.1, 0.15) is 12.8 Å². The number of hydrogen-bond donors (Lipinski definition) is 1. The summed E-state index contributed by atoms with van der Waals surface area (Å²) in [5, 5.41) is 3.53. The lowest BCUT2D eigenvalue weighted by molar-refractivity contribution is -0.124. The lowest BCUT2D eigenvalue weighted by atomic mass is 10.0. The molecule has 0 aromatic heterocycles. The Labute approximate surface area is 140 Å². The molecule has 3 rings (SSSR count). The zero-order chi connectivity index (χ0) is 16.2. The van der Waals surface area contributed by atoms with Crippen molar-refractivity contribution in [3.8, 4) is 16.9 Å². The number of halogens is 1. The molecule has 1 aliphatic rings. The number of benzene rings is 2. The first kappa shape index (κ1) is 15.8. The SMILES string of the molecule is COc1ccc(Cl)c(-c2ccc(NC(=O)C3CCCO3)cc2)c1. The minimum Gasteiger partial charge on any atom is -0.497 e. The number of anilines is 1. The molecule has 0 saturated carbocycles. The predicted octanol–water partition coefficient (Wildman–Crippen LogP) is 4.13. The molecule has 2 aromatic rings. The van der Waals surface area contributed by atoms with E-state index in [0.717, 1.165) is 35.4 Å². The van der Waals surface area contributed by atoms with Crippen LogP contribution in [0.25, 0.3) is 11.1 Å². The third-order valence-corrected chi connectivity index (χ3v) is 4.19. The molecule has 120 valence electrons. The van der Waals surface area contributed by atoms with Crippen molar-refractivity contribution in [2.24, 2.45) is 0 Å². The highest BCUT2D eigenvalue weighted by Gasteiger charge is 2.23. The number of hydrogen-bond acceptors (Lipinski definition) is 3. The molecule has 1 aliphatic heterocycles. The van der Waals surface area contributed by atoms with Gasteiger partial charge in [0.1, 0.15) is 11.9 Å². The maximum absolute atomic E-state index is 12.0. The summed E-state index contributed by atoms with van der Waals surface area (Å²) in [6, 6.07) is 13.1. The molecule has 0 spiro atoms. The van der Waals surface area contributed by atoms with Gasteiger partial charge in [-0.25, -0.2) is 0 Å². The normalized spacial score (nSPS) is 17.0. The highest BCUT2D eigenvalue weighted by Crippen LogP contribution is 2.32. The van der Waals surface area contributed by atoms with Crippen LogP contribution in [0.4, 0.5) is 5.69 Å². The second kappa shape index (κ2) is 7.02. The topological polar surface area (TPSA) is 47.6 Å². The Morgan fingerprint density at radius 1 is 1.26 bits per heavy atom. The van der Waals surface area contributed by atoms with Gasteiger partial charge in [-0.3, -0.25) is 4.79 Å². The molecule has 1 saturated heterocycles. The second-order valence-corrected chi connectivity index (χ2v) is 5.82. The molecule has 1 unspecified atom stereocenters. The Morgan fingerprint density at radius 3 is 2.70 bits per heavy atom. The third-order valence-electron chi connectivity index (χ3n) is 3.86. The van der Waals surface area contributed by atoms with E-state index in [1.54, 1.807) is 7.11 Å². The second-order valence-electron chi connectivity index (χ2n) is 5.41. The van der Waals surface area contributed by atoms with Crippen molar-refractivity contribution >= 4 is 23.2 Å². The Balaban J connectivity index is 1.75. The predicted molar refractivity (Wildman–Crippen MR) is 91.0 cm³/mol. The molecule has 1 amide bonds. The molecule has 0 aliphatic carbocycles. The van der Waals surface area contributed by atoms with Crippen LogP contribution in [-0.4, -0.2) is 25.7 Å². The molecule has 0 bridgehead atoms. The third kappa shape index (κ3) is 3.66. The van der Waals surface area contributed by atoms with Gasteiger partial charge in [0.05, 0.1) is 7.11 Å². The van der Waals surface area contributed by atoms with Crippen molar-refractivity contribution in [1.29, 1.82) is 0 Å². The molecular formula is C18H18ClNO3. The van der Waals surface area contributed by atoms with E-state index in [2.05, 4.69) is 5.32 Å². The van der Waals surface area contributed by atoms with Crippen LogP contribution in [0, 0.1) is 0 Å². The van der Waals surface area contributed by atoms with Gasteiger partial charge in [0, 0.05) is 22.9 Å². The van der Waals surface area contributed by atoms with E-state index >= 15 is 0 Å². The first-order valence-electron chi connectivity index (χ1n) is 7.54. The molecular weight excluding hydrogens is 314 g/mol. The van der Waals surface area contributed by atoms with Crippen LogP contribution in [0.15, 0.2) is 42.5 Å². The van der Waals surface area contributed by atoms with E-state index in [-0.39, 0.29) is 12.0 Å². The Kier molecular flexibility index (Phi) is 4.84. The van der Waals surface area contributed by atoms with E-state index < -0.39 is 0 Å². The summed E-state index contributed by atoms with van der Waals surface area (Å²) < 4.78 is 10.6. The smallest absolute Gasteiger partial charge is 0.253 e. The van der Waals surface area contributed by atoms with E-state index in [0.29, 0.717) is 11.6 Å². The molecule has 2 aromatic carbocycles. The monoisotopic (exact) mass is 331 g/mol. The maximum Gasteiger partial charge on any atom is 0.253 e. The van der Waals surface area contributed by atoms with E-state index in [4.69, 9.17) is 21.1 Å². The Hall–Kier alpha value is -2.04. The first-order valence-corrected chi connectivity index (χ1v) is 7.91. The van der Waals surface area contributed by atoms with Crippen molar-refractivity contribution in [3.05, 3.63) is 47.5 Å². The average molecular weight is 332 g/mol. The number of nitrogens with one attached hydrogen (secondary N) is 1. The highest BCUT2D eigenvalue weighted by molar-refractivity contribution is 6.33. The Morgan fingerprint density at radius 2 is 2.04 bits per heavy atom. The van der Waals surface area contributed by atoms with Gasteiger partial charge in [-0.05, 0) is 48.7 Å². The molecule has 1 atom stereocenters. The maximum atomic E-state index is 12.0. The summed E-state index contributed by atoms with van der Waals surface area (Å²) in [4.78, 5) is 12.0. The van der Waals surface area contributed by atoms with Gasteiger partial charge in [-0.1, -0.05) is 23.7 Å². The fourth-order valence-corrected chi connectivity index (χ4v) is 2.82. The van der Waals surface area contributed by atoms with E-state index in [1.165, 1.54) is 0 Å². The lowest BCUT2D eigenvalue weighted by Gasteiger charge is -2.11. The Bertz CT molecular complexity index is 694. The van der Waals surface area contributed by atoms with Crippen LogP contribution in [0.3, 0.4) is 0 Å². The number of ether oxygens (including phenoxy) is 2. The van der Waals surface area contributed by atoms with Gasteiger partial charge < -0.3 is 14.8 Å². The van der Waals surface area contributed by atoms with Gasteiger partial charge in [-0.15, -0.1) is 0 Å². The fraction of sp³-hybridized carbons (Fsp3) is 0.278. The summed E-state index contributed by atoms with van der Waals surface area (Å²) >= 11 is 6.26. The average Bonchev–Trinajstić information content (AvgIpc) is 3.11. The van der Waals surface area contributed by atoms with Crippen molar-refractivity contribution in [1.82, 2.24) is 0 Å². The molecule has 4 nitrogen and oxygen atoms in total. The largest absolute Gasteiger partial charge is 0.497 e. The molecule has 1 N–H and O–H groups in total. The lowest BCUT2D eigenvalue weighted by Crippen LogP contribution is -2.26. The first-order chi connectivity index (χ1) is 11.2. The molecule has 23 heavy (non-hydrogen) atoms. The van der Waals surface area contributed by atoms with Crippen molar-refractivity contribution in [2.45, 2.75) is 18.9 Å². The number of amides is 1. The molecule has 1 heterocycles. The van der Waals surface area contributed by atoms with Gasteiger partial charge in [-0.2, -0.15) is 0 Å². The van der Waals surface area contributed by atoms with Crippen LogP contribution in [-0.2, 0) is 9.53 Å². The van der Waals surface area contributed by atoms with Crippen LogP contribution in [0.5, 0.6) is 5.75 Å². The van der Waals surface area contributed by atoms with Crippen molar-refractivity contribution in [2.75, 3.05) is 19.0 Å². The summed E-state index contributed by atoms with van der Waals surface area (Å²) in [5.41, 5.74) is 2.60. The molecule has 5 heteroatoms. The minimum atomic E-state index is -0.331. The number of carbonyl (C=O) groups is 1. The van der Waals surface area contributed by atoms with Crippen LogP contribution in [0.2, 0.25) is 5.02 Å². The van der Waals surface area contributed by atoms with Crippen LogP contribution >= 0.6 is 11.6 Å². The number of rotatable bonds is 4. The summed E-state index contributed by atoms with van der Waals surface area (Å²) in [7, 11) is 1.62. The van der Waals surface area contributed by atoms with E-state index in [9.17, 15) is 4.79 Å². The summed E-state index contributed by atoms with van der Waals surface area (Å²) in [5.74, 6) is 0.662. The molecule has 1 fully saturated rings. The number of methoxy groups -OCH3 is 1. The van der Waals surface area contributed by atoms with E-state index in [1.807, 2.05) is 42.5 Å². The van der Waals surface area contributed by atoms with Crippen molar-refractivity contribution < 1.29 is 14.3 Å². The minimum absolute atomic E-state index is 0.0883. The fourth-order valence-electron chi connectivity index (χ4n) is 2.59.